The van der Waals surface area contributed by atoms with E-state index in [1.165, 1.54) is 30.4 Å². The van der Waals surface area contributed by atoms with Gasteiger partial charge in [0.05, 0.1) is 0 Å². The highest BCUT2D eigenvalue weighted by Gasteiger charge is 1.97. The molecule has 3 heteroatoms. The Labute approximate surface area is 74.5 Å². The third-order valence-electron chi connectivity index (χ3n) is 1.31. The number of carbonyl (C=O) groups excluding carboxylic acids is 1. The van der Waals surface area contributed by atoms with Crippen molar-refractivity contribution in [2.75, 3.05) is 0 Å². The van der Waals surface area contributed by atoms with E-state index in [9.17, 15) is 9.18 Å². The standard InChI is InChI=1S/C9H6ClFO/c10-9-4-3-8(11)6-7(9)2-1-5-12/h1-6H. The molecule has 1 rings (SSSR count). The summed E-state index contributed by atoms with van der Waals surface area (Å²) < 4.78 is 12.6. The first-order valence-electron chi connectivity index (χ1n) is 3.31. The van der Waals surface area contributed by atoms with Crippen molar-refractivity contribution in [2.24, 2.45) is 0 Å². The normalized spacial score (nSPS) is 10.5. The van der Waals surface area contributed by atoms with E-state index in [-0.39, 0.29) is 5.82 Å². The van der Waals surface area contributed by atoms with Crippen LogP contribution in [0.25, 0.3) is 6.08 Å². The molecule has 1 nitrogen and oxygen atoms in total. The van der Waals surface area contributed by atoms with E-state index >= 15 is 0 Å². The Hall–Kier alpha value is -1.15. The number of hydrogen-bond donors (Lipinski definition) is 0. The third kappa shape index (κ3) is 2.17. The highest BCUT2D eigenvalue weighted by atomic mass is 35.5. The second-order valence-electron chi connectivity index (χ2n) is 2.16. The van der Waals surface area contributed by atoms with Crippen LogP contribution in [-0.2, 0) is 4.79 Å². The van der Waals surface area contributed by atoms with Crippen molar-refractivity contribution in [1.29, 1.82) is 0 Å². The zero-order chi connectivity index (χ0) is 8.97. The van der Waals surface area contributed by atoms with E-state index in [0.29, 0.717) is 16.9 Å². The van der Waals surface area contributed by atoms with Gasteiger partial charge >= 0.3 is 0 Å². The molecule has 62 valence electrons. The van der Waals surface area contributed by atoms with Crippen molar-refractivity contribution in [3.05, 3.63) is 40.7 Å². The van der Waals surface area contributed by atoms with Gasteiger partial charge in [0.25, 0.3) is 0 Å². The van der Waals surface area contributed by atoms with Gasteiger partial charge in [-0.25, -0.2) is 4.39 Å². The Balaban J connectivity index is 3.04. The number of benzene rings is 1. The average molecular weight is 185 g/mol. The smallest absolute Gasteiger partial charge is 0.142 e. The maximum Gasteiger partial charge on any atom is 0.142 e. The van der Waals surface area contributed by atoms with E-state index in [1.54, 1.807) is 0 Å². The fourth-order valence-electron chi connectivity index (χ4n) is 0.785. The van der Waals surface area contributed by atoms with E-state index in [0.717, 1.165) is 0 Å². The van der Waals surface area contributed by atoms with Gasteiger partial charge in [-0.15, -0.1) is 0 Å². The number of allylic oxidation sites excluding steroid dienone is 1. The summed E-state index contributed by atoms with van der Waals surface area (Å²) in [5, 5.41) is 0.425. The lowest BCUT2D eigenvalue weighted by Gasteiger charge is -1.96. The molecule has 0 heterocycles. The molecule has 0 fully saturated rings. The average Bonchev–Trinajstić information content (AvgIpc) is 2.07. The number of aldehydes is 1. The molecule has 0 saturated heterocycles. The Bertz CT molecular complexity index is 320. The van der Waals surface area contributed by atoms with Gasteiger partial charge in [0.2, 0.25) is 0 Å². The summed E-state index contributed by atoms with van der Waals surface area (Å²) in [5.41, 5.74) is 0.503. The van der Waals surface area contributed by atoms with Crippen molar-refractivity contribution >= 4 is 24.0 Å². The monoisotopic (exact) mass is 184 g/mol. The summed E-state index contributed by atoms with van der Waals surface area (Å²) in [6, 6.07) is 3.98. The van der Waals surface area contributed by atoms with Crippen LogP contribution >= 0.6 is 11.6 Å². The minimum atomic E-state index is -0.370. The summed E-state index contributed by atoms with van der Waals surface area (Å²) in [4.78, 5) is 9.95. The summed E-state index contributed by atoms with van der Waals surface area (Å²) in [6.07, 6.45) is 3.33. The van der Waals surface area contributed by atoms with E-state index in [2.05, 4.69) is 0 Å². The molecule has 0 amide bonds. The lowest BCUT2D eigenvalue weighted by Crippen LogP contribution is -1.78. The van der Waals surface area contributed by atoms with Crippen LogP contribution in [0.1, 0.15) is 5.56 Å². The molecule has 0 saturated carbocycles. The Morgan fingerprint density at radius 3 is 2.83 bits per heavy atom. The Morgan fingerprint density at radius 1 is 1.42 bits per heavy atom. The molecule has 0 N–H and O–H groups in total. The molecule has 0 aliphatic heterocycles. The summed E-state index contributed by atoms with van der Waals surface area (Å²) in [7, 11) is 0. The van der Waals surface area contributed by atoms with Crippen LogP contribution < -0.4 is 0 Å². The quantitative estimate of drug-likeness (QED) is 0.510. The van der Waals surface area contributed by atoms with Gasteiger partial charge in [-0.05, 0) is 29.8 Å². The molecular formula is C9H6ClFO. The maximum atomic E-state index is 12.6. The molecule has 1 aromatic carbocycles. The van der Waals surface area contributed by atoms with E-state index < -0.39 is 0 Å². The van der Waals surface area contributed by atoms with Gasteiger partial charge < -0.3 is 0 Å². The van der Waals surface area contributed by atoms with Crippen LogP contribution in [-0.4, -0.2) is 6.29 Å². The lowest BCUT2D eigenvalue weighted by atomic mass is 10.2. The van der Waals surface area contributed by atoms with Crippen molar-refractivity contribution in [2.45, 2.75) is 0 Å². The van der Waals surface area contributed by atoms with Gasteiger partial charge in [0.15, 0.2) is 0 Å². The minimum Gasteiger partial charge on any atom is -0.299 e. The predicted octanol–water partition coefficient (Wildman–Crippen LogP) is 2.69. The van der Waals surface area contributed by atoms with Crippen molar-refractivity contribution in [1.82, 2.24) is 0 Å². The molecule has 0 aliphatic rings. The fraction of sp³-hybridized carbons (Fsp3) is 0. The highest BCUT2D eigenvalue weighted by molar-refractivity contribution is 6.32. The molecule has 0 bridgehead atoms. The van der Waals surface area contributed by atoms with Crippen LogP contribution in [0.15, 0.2) is 24.3 Å². The molecule has 0 aliphatic carbocycles. The SMILES string of the molecule is O=CC=Cc1cc(F)ccc1Cl. The zero-order valence-electron chi connectivity index (χ0n) is 6.13. The number of rotatable bonds is 2. The van der Waals surface area contributed by atoms with E-state index in [1.807, 2.05) is 0 Å². The first-order chi connectivity index (χ1) is 5.74. The number of carbonyl (C=O) groups is 1. The summed E-state index contributed by atoms with van der Waals surface area (Å²) in [6.45, 7) is 0. The predicted molar refractivity (Wildman–Crippen MR) is 46.5 cm³/mol. The van der Waals surface area contributed by atoms with Crippen LogP contribution in [0, 0.1) is 5.82 Å². The van der Waals surface area contributed by atoms with Crippen LogP contribution in [0.3, 0.4) is 0 Å². The Kier molecular flexibility index (Phi) is 3.00. The molecule has 1 aromatic rings. The third-order valence-corrected chi connectivity index (χ3v) is 1.66. The van der Waals surface area contributed by atoms with Crippen LogP contribution in [0.4, 0.5) is 4.39 Å². The van der Waals surface area contributed by atoms with Gasteiger partial charge in [-0.2, -0.15) is 0 Å². The van der Waals surface area contributed by atoms with Crippen LogP contribution in [0.2, 0.25) is 5.02 Å². The van der Waals surface area contributed by atoms with Crippen LogP contribution in [0.5, 0.6) is 0 Å². The first-order valence-corrected chi connectivity index (χ1v) is 3.69. The minimum absolute atomic E-state index is 0.370. The number of hydrogen-bond acceptors (Lipinski definition) is 1. The van der Waals surface area contributed by atoms with E-state index in [4.69, 9.17) is 11.6 Å². The van der Waals surface area contributed by atoms with Crippen molar-refractivity contribution < 1.29 is 9.18 Å². The first kappa shape index (κ1) is 8.94. The maximum absolute atomic E-state index is 12.6. The van der Waals surface area contributed by atoms with Crippen molar-refractivity contribution in [3.8, 4) is 0 Å². The molecule has 0 radical (unpaired) electrons. The van der Waals surface area contributed by atoms with Gasteiger partial charge in [-0.1, -0.05) is 17.7 Å². The zero-order valence-corrected chi connectivity index (χ0v) is 6.88. The summed E-state index contributed by atoms with van der Waals surface area (Å²) in [5.74, 6) is -0.370. The van der Waals surface area contributed by atoms with Crippen molar-refractivity contribution in [3.63, 3.8) is 0 Å². The largest absolute Gasteiger partial charge is 0.299 e. The number of halogens is 2. The molecule has 0 spiro atoms. The molecule has 0 unspecified atom stereocenters. The lowest BCUT2D eigenvalue weighted by molar-refractivity contribution is -0.104. The van der Waals surface area contributed by atoms with Gasteiger partial charge in [-0.3, -0.25) is 4.79 Å². The Morgan fingerprint density at radius 2 is 2.17 bits per heavy atom. The highest BCUT2D eigenvalue weighted by Crippen LogP contribution is 2.17. The summed E-state index contributed by atoms with van der Waals surface area (Å²) >= 11 is 5.70. The second-order valence-corrected chi connectivity index (χ2v) is 2.57. The molecular weight excluding hydrogens is 179 g/mol. The molecule has 0 aromatic heterocycles. The topological polar surface area (TPSA) is 17.1 Å². The molecule has 12 heavy (non-hydrogen) atoms. The van der Waals surface area contributed by atoms with Gasteiger partial charge in [0, 0.05) is 5.02 Å². The second kappa shape index (κ2) is 4.02. The fourth-order valence-corrected chi connectivity index (χ4v) is 0.966. The van der Waals surface area contributed by atoms with Gasteiger partial charge in [0.1, 0.15) is 12.1 Å². The molecule has 0 atom stereocenters.